The average Bonchev–Trinajstić information content (AvgIpc) is 2.32. The number of hydrogen-bond donors (Lipinski definition) is 2. The molecule has 1 aromatic carbocycles. The van der Waals surface area contributed by atoms with Gasteiger partial charge in [-0.15, -0.1) is 0 Å². The molecule has 1 aromatic heterocycles. The molecule has 1 heterocycles. The molecule has 0 saturated heterocycles. The molecule has 0 spiro atoms. The third-order valence-electron chi connectivity index (χ3n) is 2.16. The summed E-state index contributed by atoms with van der Waals surface area (Å²) in [5.74, 6) is 1.35. The standard InChI is InChI=1S/C11H11BrN4O/c1-17-10-3-2-7(4-8(10)12)16-11-9(13)5-14-6-15-11/h2-6H,13H2,1H3,(H,14,15,16). The average molecular weight is 295 g/mol. The maximum atomic E-state index is 5.74. The number of nitrogens with two attached hydrogens (primary N) is 1. The second kappa shape index (κ2) is 5.01. The van der Waals surface area contributed by atoms with Gasteiger partial charge in [0.25, 0.3) is 0 Å². The fourth-order valence-corrected chi connectivity index (χ4v) is 1.87. The van der Waals surface area contributed by atoms with Crippen LogP contribution >= 0.6 is 15.9 Å². The number of nitrogens with zero attached hydrogens (tertiary/aromatic N) is 2. The van der Waals surface area contributed by atoms with Crippen LogP contribution in [0.15, 0.2) is 35.2 Å². The fraction of sp³-hybridized carbons (Fsp3) is 0.0909. The van der Waals surface area contributed by atoms with E-state index in [9.17, 15) is 0 Å². The molecule has 0 atom stereocenters. The Hall–Kier alpha value is -1.82. The number of benzene rings is 1. The quantitative estimate of drug-likeness (QED) is 0.910. The summed E-state index contributed by atoms with van der Waals surface area (Å²) in [6.45, 7) is 0. The van der Waals surface area contributed by atoms with Crippen LogP contribution in [0.3, 0.4) is 0 Å². The Morgan fingerprint density at radius 1 is 1.41 bits per heavy atom. The largest absolute Gasteiger partial charge is 0.496 e. The summed E-state index contributed by atoms with van der Waals surface area (Å²) in [5.41, 5.74) is 7.10. The number of nitrogens with one attached hydrogen (secondary N) is 1. The maximum Gasteiger partial charge on any atom is 0.157 e. The number of hydrogen-bond acceptors (Lipinski definition) is 5. The molecule has 2 rings (SSSR count). The molecule has 0 aliphatic rings. The predicted molar refractivity (Wildman–Crippen MR) is 70.4 cm³/mol. The van der Waals surface area contributed by atoms with Gasteiger partial charge in [0.2, 0.25) is 0 Å². The van der Waals surface area contributed by atoms with E-state index >= 15 is 0 Å². The summed E-state index contributed by atoms with van der Waals surface area (Å²) < 4.78 is 6.01. The summed E-state index contributed by atoms with van der Waals surface area (Å²) in [7, 11) is 1.62. The fourth-order valence-electron chi connectivity index (χ4n) is 1.33. The minimum absolute atomic E-state index is 0.499. The zero-order valence-corrected chi connectivity index (χ0v) is 10.7. The Labute approximate surface area is 107 Å². The number of anilines is 3. The lowest BCUT2D eigenvalue weighted by atomic mass is 10.3. The van der Waals surface area contributed by atoms with E-state index in [0.29, 0.717) is 11.5 Å². The molecule has 17 heavy (non-hydrogen) atoms. The van der Waals surface area contributed by atoms with Crippen molar-refractivity contribution in [2.24, 2.45) is 0 Å². The highest BCUT2D eigenvalue weighted by Gasteiger charge is 2.04. The third kappa shape index (κ3) is 2.65. The lowest BCUT2D eigenvalue weighted by Crippen LogP contribution is -1.99. The number of aromatic nitrogens is 2. The van der Waals surface area contributed by atoms with Gasteiger partial charge in [0.1, 0.15) is 12.1 Å². The van der Waals surface area contributed by atoms with E-state index in [1.807, 2.05) is 18.2 Å². The van der Waals surface area contributed by atoms with Crippen molar-refractivity contribution >= 4 is 33.1 Å². The number of halogens is 1. The number of ether oxygens (including phenoxy) is 1. The summed E-state index contributed by atoms with van der Waals surface area (Å²) in [4.78, 5) is 7.88. The highest BCUT2D eigenvalue weighted by atomic mass is 79.9. The Kier molecular flexibility index (Phi) is 3.43. The van der Waals surface area contributed by atoms with E-state index in [4.69, 9.17) is 10.5 Å². The van der Waals surface area contributed by atoms with Crippen LogP contribution in [0, 0.1) is 0 Å². The summed E-state index contributed by atoms with van der Waals surface area (Å²) >= 11 is 3.41. The van der Waals surface area contributed by atoms with Gasteiger partial charge in [-0.3, -0.25) is 0 Å². The molecular weight excluding hydrogens is 284 g/mol. The maximum absolute atomic E-state index is 5.74. The van der Waals surface area contributed by atoms with Crippen molar-refractivity contribution in [3.63, 3.8) is 0 Å². The van der Waals surface area contributed by atoms with Crippen LogP contribution in [0.5, 0.6) is 5.75 Å². The van der Waals surface area contributed by atoms with Gasteiger partial charge in [-0.05, 0) is 34.1 Å². The molecular formula is C11H11BrN4O. The number of methoxy groups -OCH3 is 1. The molecule has 3 N–H and O–H groups in total. The molecule has 0 bridgehead atoms. The number of nitrogen functional groups attached to an aromatic ring is 1. The van der Waals surface area contributed by atoms with Crippen molar-refractivity contribution in [1.82, 2.24) is 9.97 Å². The zero-order valence-electron chi connectivity index (χ0n) is 9.14. The van der Waals surface area contributed by atoms with Crippen molar-refractivity contribution in [2.75, 3.05) is 18.2 Å². The SMILES string of the molecule is COc1ccc(Nc2ncncc2N)cc1Br. The van der Waals surface area contributed by atoms with Crippen LogP contribution in [-0.4, -0.2) is 17.1 Å². The van der Waals surface area contributed by atoms with Crippen molar-refractivity contribution in [2.45, 2.75) is 0 Å². The lowest BCUT2D eigenvalue weighted by Gasteiger charge is -2.09. The highest BCUT2D eigenvalue weighted by molar-refractivity contribution is 9.10. The first kappa shape index (κ1) is 11.7. The van der Waals surface area contributed by atoms with Crippen LogP contribution in [-0.2, 0) is 0 Å². The van der Waals surface area contributed by atoms with E-state index < -0.39 is 0 Å². The Morgan fingerprint density at radius 3 is 2.88 bits per heavy atom. The highest BCUT2D eigenvalue weighted by Crippen LogP contribution is 2.29. The van der Waals surface area contributed by atoms with Gasteiger partial charge in [0.15, 0.2) is 5.82 Å². The monoisotopic (exact) mass is 294 g/mol. The van der Waals surface area contributed by atoms with Crippen molar-refractivity contribution in [3.8, 4) is 5.75 Å². The molecule has 0 radical (unpaired) electrons. The van der Waals surface area contributed by atoms with Gasteiger partial charge in [-0.1, -0.05) is 0 Å². The molecule has 0 aliphatic carbocycles. The van der Waals surface area contributed by atoms with Gasteiger partial charge in [0, 0.05) is 5.69 Å². The molecule has 0 fully saturated rings. The van der Waals surface area contributed by atoms with Gasteiger partial charge < -0.3 is 15.8 Å². The Balaban J connectivity index is 2.25. The van der Waals surface area contributed by atoms with E-state index in [0.717, 1.165) is 15.9 Å². The molecule has 0 amide bonds. The molecule has 88 valence electrons. The lowest BCUT2D eigenvalue weighted by molar-refractivity contribution is 0.412. The first-order valence-corrected chi connectivity index (χ1v) is 5.66. The predicted octanol–water partition coefficient (Wildman–Crippen LogP) is 2.57. The minimum atomic E-state index is 0.499. The smallest absolute Gasteiger partial charge is 0.157 e. The second-order valence-corrected chi connectivity index (χ2v) is 4.16. The van der Waals surface area contributed by atoms with Crippen molar-refractivity contribution in [1.29, 1.82) is 0 Å². The van der Waals surface area contributed by atoms with Crippen LogP contribution < -0.4 is 15.8 Å². The van der Waals surface area contributed by atoms with E-state index in [1.54, 1.807) is 13.3 Å². The van der Waals surface area contributed by atoms with Crippen LogP contribution in [0.4, 0.5) is 17.2 Å². The molecule has 0 unspecified atom stereocenters. The Bertz CT molecular complexity index is 533. The van der Waals surface area contributed by atoms with E-state index in [2.05, 4.69) is 31.2 Å². The second-order valence-electron chi connectivity index (χ2n) is 3.30. The number of rotatable bonds is 3. The first-order valence-electron chi connectivity index (χ1n) is 4.86. The van der Waals surface area contributed by atoms with Crippen LogP contribution in [0.2, 0.25) is 0 Å². The van der Waals surface area contributed by atoms with Gasteiger partial charge >= 0.3 is 0 Å². The summed E-state index contributed by atoms with van der Waals surface area (Å²) in [5, 5.41) is 3.10. The summed E-state index contributed by atoms with van der Waals surface area (Å²) in [6.07, 6.45) is 2.99. The molecule has 0 aliphatic heterocycles. The normalized spacial score (nSPS) is 10.0. The zero-order chi connectivity index (χ0) is 12.3. The van der Waals surface area contributed by atoms with Crippen molar-refractivity contribution in [3.05, 3.63) is 35.2 Å². The molecule has 5 nitrogen and oxygen atoms in total. The summed E-state index contributed by atoms with van der Waals surface area (Å²) in [6, 6.07) is 5.62. The van der Waals surface area contributed by atoms with Gasteiger partial charge in [-0.25, -0.2) is 9.97 Å². The first-order chi connectivity index (χ1) is 8.20. The van der Waals surface area contributed by atoms with Gasteiger partial charge in [0.05, 0.1) is 23.5 Å². The molecule has 2 aromatic rings. The van der Waals surface area contributed by atoms with E-state index in [1.165, 1.54) is 6.33 Å². The van der Waals surface area contributed by atoms with Gasteiger partial charge in [-0.2, -0.15) is 0 Å². The molecule has 6 heteroatoms. The van der Waals surface area contributed by atoms with Crippen molar-refractivity contribution < 1.29 is 4.74 Å². The van der Waals surface area contributed by atoms with E-state index in [-0.39, 0.29) is 0 Å². The van der Waals surface area contributed by atoms with Crippen LogP contribution in [0.1, 0.15) is 0 Å². The minimum Gasteiger partial charge on any atom is -0.496 e. The Morgan fingerprint density at radius 2 is 2.24 bits per heavy atom. The van der Waals surface area contributed by atoms with Crippen LogP contribution in [0.25, 0.3) is 0 Å². The molecule has 0 saturated carbocycles. The third-order valence-corrected chi connectivity index (χ3v) is 2.77. The topological polar surface area (TPSA) is 73.1 Å².